The zero-order chi connectivity index (χ0) is 28.6. The first-order valence-corrected chi connectivity index (χ1v) is 12.8. The number of hydrogen-bond acceptors (Lipinski definition) is 6. The van der Waals surface area contributed by atoms with Crippen LogP contribution in [0.2, 0.25) is 0 Å². The highest BCUT2D eigenvalue weighted by Crippen LogP contribution is 2.36. The van der Waals surface area contributed by atoms with Crippen LogP contribution in [0.4, 0.5) is 0 Å². The third-order valence-corrected chi connectivity index (χ3v) is 5.54. The summed E-state index contributed by atoms with van der Waals surface area (Å²) in [6.45, 7) is 10.3. The molecule has 3 aromatic carbocycles. The van der Waals surface area contributed by atoms with Crippen molar-refractivity contribution >= 4 is 35.1 Å². The van der Waals surface area contributed by atoms with Crippen molar-refractivity contribution in [1.82, 2.24) is 0 Å². The first-order chi connectivity index (χ1) is 18.4. The summed E-state index contributed by atoms with van der Waals surface area (Å²) in [6.07, 6.45) is 3.90. The zero-order valence-electron chi connectivity index (χ0n) is 23.2. The number of benzene rings is 3. The number of ether oxygens (including phenoxy) is 3. The summed E-state index contributed by atoms with van der Waals surface area (Å²) in [5, 5.41) is 0. The summed E-state index contributed by atoms with van der Waals surface area (Å²) in [5.74, 6) is -0.216. The first-order valence-electron chi connectivity index (χ1n) is 12.8. The molecule has 0 aromatic heterocycles. The summed E-state index contributed by atoms with van der Waals surface area (Å²) < 4.78 is 15.8. The van der Waals surface area contributed by atoms with Gasteiger partial charge in [0.1, 0.15) is 17.1 Å². The van der Waals surface area contributed by atoms with E-state index in [1.165, 1.54) is 19.9 Å². The molecule has 0 N–H and O–H groups in total. The van der Waals surface area contributed by atoms with Crippen LogP contribution >= 0.6 is 0 Å². The molecule has 0 bridgehead atoms. The van der Waals surface area contributed by atoms with E-state index in [4.69, 9.17) is 14.2 Å². The Morgan fingerprint density at radius 2 is 1.13 bits per heavy atom. The van der Waals surface area contributed by atoms with Gasteiger partial charge in [-0.05, 0) is 90.9 Å². The van der Waals surface area contributed by atoms with Crippen LogP contribution < -0.4 is 9.47 Å². The Balaban J connectivity index is 2.03. The van der Waals surface area contributed by atoms with Gasteiger partial charge in [-0.25, -0.2) is 4.79 Å². The first kappa shape index (κ1) is 29.1. The third-order valence-electron chi connectivity index (χ3n) is 5.54. The van der Waals surface area contributed by atoms with Crippen LogP contribution in [0.1, 0.15) is 70.2 Å². The van der Waals surface area contributed by atoms with Gasteiger partial charge in [0, 0.05) is 19.9 Å². The van der Waals surface area contributed by atoms with Crippen LogP contribution in [0.15, 0.2) is 78.9 Å². The number of rotatable bonds is 8. The topological polar surface area (TPSA) is 78.9 Å². The van der Waals surface area contributed by atoms with Crippen LogP contribution in [-0.4, -0.2) is 23.5 Å². The van der Waals surface area contributed by atoms with Gasteiger partial charge >= 0.3 is 17.9 Å². The Morgan fingerprint density at radius 1 is 0.692 bits per heavy atom. The lowest BCUT2D eigenvalue weighted by atomic mass is 9.88. The molecule has 0 aliphatic heterocycles. The van der Waals surface area contributed by atoms with E-state index in [0.717, 1.165) is 39.8 Å². The average molecular weight is 527 g/mol. The van der Waals surface area contributed by atoms with Gasteiger partial charge in [0.2, 0.25) is 0 Å². The molecule has 39 heavy (non-hydrogen) atoms. The van der Waals surface area contributed by atoms with Gasteiger partial charge in [-0.2, -0.15) is 0 Å². The van der Waals surface area contributed by atoms with Gasteiger partial charge in [0.05, 0.1) is 0 Å². The van der Waals surface area contributed by atoms with Crippen molar-refractivity contribution in [1.29, 1.82) is 0 Å². The maximum absolute atomic E-state index is 12.1. The molecule has 0 aliphatic rings. The summed E-state index contributed by atoms with van der Waals surface area (Å²) in [5.41, 5.74) is 5.33. The lowest BCUT2D eigenvalue weighted by Crippen LogP contribution is -2.22. The van der Waals surface area contributed by atoms with Crippen molar-refractivity contribution in [2.45, 2.75) is 53.6 Å². The number of carbonyl (C=O) groups is 3. The number of esters is 3. The normalized spacial score (nSPS) is 11.1. The highest BCUT2D eigenvalue weighted by molar-refractivity contribution is 5.99. The van der Waals surface area contributed by atoms with E-state index >= 15 is 0 Å². The predicted octanol–water partition coefficient (Wildman–Crippen LogP) is 7.26. The van der Waals surface area contributed by atoms with Crippen molar-refractivity contribution in [2.75, 3.05) is 0 Å². The summed E-state index contributed by atoms with van der Waals surface area (Å²) in [4.78, 5) is 34.8. The van der Waals surface area contributed by atoms with Gasteiger partial charge in [0.25, 0.3) is 0 Å². The minimum Gasteiger partial charge on any atom is -0.457 e. The van der Waals surface area contributed by atoms with Gasteiger partial charge in [-0.1, -0.05) is 55.5 Å². The van der Waals surface area contributed by atoms with E-state index in [1.807, 2.05) is 69.3 Å². The van der Waals surface area contributed by atoms with E-state index in [1.54, 1.807) is 30.3 Å². The second-order valence-electron chi connectivity index (χ2n) is 9.93. The van der Waals surface area contributed by atoms with Crippen molar-refractivity contribution in [3.8, 4) is 11.5 Å². The molecule has 0 saturated heterocycles. The Morgan fingerprint density at radius 3 is 1.51 bits per heavy atom. The predicted molar refractivity (Wildman–Crippen MR) is 153 cm³/mol. The lowest BCUT2D eigenvalue weighted by Gasteiger charge is -2.18. The summed E-state index contributed by atoms with van der Waals surface area (Å²) in [6, 6.07) is 22.7. The second-order valence-corrected chi connectivity index (χ2v) is 9.93. The number of allylic oxidation sites excluding steroid dienone is 1. The minimum atomic E-state index is -0.546. The third kappa shape index (κ3) is 8.82. The van der Waals surface area contributed by atoms with Crippen LogP contribution in [-0.2, 0) is 19.1 Å². The quantitative estimate of drug-likeness (QED) is 0.133. The van der Waals surface area contributed by atoms with Gasteiger partial charge in [-0.15, -0.1) is 0 Å². The Kier molecular flexibility index (Phi) is 9.61. The van der Waals surface area contributed by atoms with E-state index < -0.39 is 11.6 Å². The molecule has 3 rings (SSSR count). The molecule has 3 aromatic rings. The zero-order valence-corrected chi connectivity index (χ0v) is 23.2. The molecule has 0 spiro atoms. The van der Waals surface area contributed by atoms with Gasteiger partial charge < -0.3 is 14.2 Å². The molecule has 6 heteroatoms. The maximum atomic E-state index is 12.1. The molecule has 0 unspecified atom stereocenters. The van der Waals surface area contributed by atoms with Crippen molar-refractivity contribution in [3.05, 3.63) is 101 Å². The number of carbonyl (C=O) groups excluding carboxylic acids is 3. The van der Waals surface area contributed by atoms with Gasteiger partial charge in [-0.3, -0.25) is 9.59 Å². The van der Waals surface area contributed by atoms with Crippen molar-refractivity contribution < 1.29 is 28.6 Å². The van der Waals surface area contributed by atoms with Crippen LogP contribution in [0.5, 0.6) is 11.5 Å². The summed E-state index contributed by atoms with van der Waals surface area (Å²) in [7, 11) is 0. The Labute approximate surface area is 229 Å². The lowest BCUT2D eigenvalue weighted by molar-refractivity contribution is -0.148. The molecule has 0 amide bonds. The van der Waals surface area contributed by atoms with Gasteiger partial charge in [0.15, 0.2) is 0 Å². The molecular formula is C33H34O6. The smallest absolute Gasteiger partial charge is 0.331 e. The minimum absolute atomic E-state index is 0.380. The SMILES string of the molecule is CCC(=C(c1ccc(OC(C)=O)cc1)c1ccc(OC(C)=O)cc1)c1ccc(C=CC(=O)OC(C)(C)C)cc1. The standard InChI is InChI=1S/C33H34O6/c1-7-30(25-11-8-24(9-12-25)10-21-31(36)39-33(4,5)6)32(26-13-17-28(18-14-26)37-22(2)34)27-15-19-29(20-16-27)38-23(3)35/h8-21H,7H2,1-6H3. The fourth-order valence-corrected chi connectivity index (χ4v) is 4.05. The molecule has 0 aliphatic carbocycles. The molecule has 0 saturated carbocycles. The fourth-order valence-electron chi connectivity index (χ4n) is 4.05. The summed E-state index contributed by atoms with van der Waals surface area (Å²) >= 11 is 0. The highest BCUT2D eigenvalue weighted by Gasteiger charge is 2.15. The maximum Gasteiger partial charge on any atom is 0.331 e. The molecule has 0 fully saturated rings. The second kappa shape index (κ2) is 12.9. The monoisotopic (exact) mass is 526 g/mol. The van der Waals surface area contributed by atoms with Crippen LogP contribution in [0, 0.1) is 0 Å². The van der Waals surface area contributed by atoms with E-state index in [9.17, 15) is 14.4 Å². The van der Waals surface area contributed by atoms with E-state index in [0.29, 0.717) is 11.5 Å². The highest BCUT2D eigenvalue weighted by atomic mass is 16.6. The molecule has 0 radical (unpaired) electrons. The fraction of sp³-hybridized carbons (Fsp3) is 0.242. The Bertz CT molecular complexity index is 1310. The van der Waals surface area contributed by atoms with E-state index in [2.05, 4.69) is 6.92 Å². The van der Waals surface area contributed by atoms with Crippen molar-refractivity contribution in [2.24, 2.45) is 0 Å². The molecule has 0 atom stereocenters. The molecule has 202 valence electrons. The van der Waals surface area contributed by atoms with Crippen LogP contribution in [0.3, 0.4) is 0 Å². The molecular weight excluding hydrogens is 492 g/mol. The largest absolute Gasteiger partial charge is 0.457 e. The van der Waals surface area contributed by atoms with Crippen LogP contribution in [0.25, 0.3) is 17.2 Å². The Hall–Kier alpha value is -4.45. The van der Waals surface area contributed by atoms with Crippen molar-refractivity contribution in [3.63, 3.8) is 0 Å². The average Bonchev–Trinajstić information content (AvgIpc) is 2.86. The molecule has 0 heterocycles. The molecule has 6 nitrogen and oxygen atoms in total. The number of hydrogen-bond donors (Lipinski definition) is 0. The van der Waals surface area contributed by atoms with E-state index in [-0.39, 0.29) is 11.9 Å².